The van der Waals surface area contributed by atoms with E-state index in [1.54, 1.807) is 5.57 Å². The van der Waals surface area contributed by atoms with Crippen molar-refractivity contribution in [1.29, 1.82) is 0 Å². The molecule has 2 N–H and O–H groups in total. The number of thioether (sulfide) groups is 1. The second-order valence-corrected chi connectivity index (χ2v) is 8.30. The molecule has 0 radical (unpaired) electrons. The van der Waals surface area contributed by atoms with E-state index in [0.717, 1.165) is 18.8 Å². The van der Waals surface area contributed by atoms with Crippen molar-refractivity contribution in [2.75, 3.05) is 12.4 Å². The first kappa shape index (κ1) is 20.6. The van der Waals surface area contributed by atoms with Crippen LogP contribution in [-0.2, 0) is 9.53 Å². The van der Waals surface area contributed by atoms with Gasteiger partial charge in [0.25, 0.3) is 0 Å². The van der Waals surface area contributed by atoms with Gasteiger partial charge in [-0.05, 0) is 45.4 Å². The highest BCUT2D eigenvalue weighted by Gasteiger charge is 2.26. The average molecular weight is 342 g/mol. The van der Waals surface area contributed by atoms with Crippen LogP contribution < -0.4 is 5.73 Å². The molecule has 4 heteroatoms. The highest BCUT2D eigenvalue weighted by molar-refractivity contribution is 8.00. The molecule has 0 aromatic heterocycles. The Morgan fingerprint density at radius 3 is 2.74 bits per heavy atom. The molecule has 0 aliphatic heterocycles. The van der Waals surface area contributed by atoms with Crippen LogP contribution in [0.4, 0.5) is 0 Å². The van der Waals surface area contributed by atoms with E-state index in [9.17, 15) is 4.79 Å². The van der Waals surface area contributed by atoms with Crippen LogP contribution in [0, 0.1) is 5.92 Å². The van der Waals surface area contributed by atoms with Gasteiger partial charge in [-0.15, -0.1) is 0 Å². The Balaban J connectivity index is 2.34. The highest BCUT2D eigenvalue weighted by atomic mass is 32.2. The molecule has 1 rings (SSSR count). The molecule has 0 amide bonds. The van der Waals surface area contributed by atoms with E-state index in [2.05, 4.69) is 27.7 Å². The van der Waals surface area contributed by atoms with Crippen LogP contribution in [0.25, 0.3) is 0 Å². The third-order valence-corrected chi connectivity index (χ3v) is 6.01. The molecule has 0 saturated heterocycles. The largest absolute Gasteiger partial charge is 0.465 e. The number of carbonyl (C=O) groups excluding carboxylic acids is 1. The van der Waals surface area contributed by atoms with Gasteiger partial charge in [0.1, 0.15) is 6.04 Å². The van der Waals surface area contributed by atoms with Crippen LogP contribution in [0.2, 0.25) is 0 Å². The molecule has 0 aromatic rings. The Morgan fingerprint density at radius 2 is 2.09 bits per heavy atom. The van der Waals surface area contributed by atoms with Crippen LogP contribution >= 0.6 is 11.8 Å². The number of unbranched alkanes of at least 4 members (excludes halogenated alkanes) is 3. The summed E-state index contributed by atoms with van der Waals surface area (Å²) in [6, 6.07) is -0.498. The standard InChI is InChI=1S/C19H35NO2S/c1-5-6-7-8-11-22-19(21)17(20)13-23-18-12-15(4)9-10-16(18)14(2)3/h15,17-18H,5-13,20H2,1-4H3/t15?,17-,18?/m0/s1. The quantitative estimate of drug-likeness (QED) is 0.375. The lowest BCUT2D eigenvalue weighted by Crippen LogP contribution is -2.36. The number of hydrogen-bond acceptors (Lipinski definition) is 4. The van der Waals surface area contributed by atoms with E-state index in [4.69, 9.17) is 10.5 Å². The van der Waals surface area contributed by atoms with Gasteiger partial charge in [-0.25, -0.2) is 0 Å². The van der Waals surface area contributed by atoms with Crippen molar-refractivity contribution in [2.45, 2.75) is 83.9 Å². The zero-order chi connectivity index (χ0) is 17.2. The van der Waals surface area contributed by atoms with Crippen molar-refractivity contribution in [1.82, 2.24) is 0 Å². The van der Waals surface area contributed by atoms with Gasteiger partial charge in [0.2, 0.25) is 0 Å². The summed E-state index contributed by atoms with van der Waals surface area (Å²) < 4.78 is 5.30. The topological polar surface area (TPSA) is 52.3 Å². The molecule has 23 heavy (non-hydrogen) atoms. The van der Waals surface area contributed by atoms with Gasteiger partial charge in [-0.3, -0.25) is 4.79 Å². The van der Waals surface area contributed by atoms with Gasteiger partial charge in [-0.2, -0.15) is 11.8 Å². The zero-order valence-electron chi connectivity index (χ0n) is 15.4. The number of nitrogens with two attached hydrogens (primary N) is 1. The number of allylic oxidation sites excluding steroid dienone is 1. The Kier molecular flexibility index (Phi) is 9.96. The minimum absolute atomic E-state index is 0.239. The van der Waals surface area contributed by atoms with Crippen LogP contribution in [0.3, 0.4) is 0 Å². The molecule has 1 saturated carbocycles. The molecule has 3 nitrogen and oxygen atoms in total. The first-order chi connectivity index (χ1) is 11.0. The van der Waals surface area contributed by atoms with Gasteiger partial charge < -0.3 is 10.5 Å². The van der Waals surface area contributed by atoms with Crippen molar-refractivity contribution in [3.8, 4) is 0 Å². The van der Waals surface area contributed by atoms with Crippen molar-refractivity contribution in [2.24, 2.45) is 11.7 Å². The van der Waals surface area contributed by atoms with Crippen LogP contribution in [0.1, 0.15) is 72.6 Å². The van der Waals surface area contributed by atoms with Crippen molar-refractivity contribution in [3.63, 3.8) is 0 Å². The van der Waals surface area contributed by atoms with Crippen molar-refractivity contribution >= 4 is 17.7 Å². The van der Waals surface area contributed by atoms with Gasteiger partial charge >= 0.3 is 5.97 Å². The maximum Gasteiger partial charge on any atom is 0.323 e. The number of rotatable bonds is 9. The third kappa shape index (κ3) is 7.75. The summed E-state index contributed by atoms with van der Waals surface area (Å²) in [5, 5.41) is 0.521. The second kappa shape index (κ2) is 11.1. The number of hydrogen-bond donors (Lipinski definition) is 1. The first-order valence-electron chi connectivity index (χ1n) is 9.15. The predicted octanol–water partition coefficient (Wildman–Crippen LogP) is 4.70. The summed E-state index contributed by atoms with van der Waals surface area (Å²) in [6.45, 7) is 9.40. The van der Waals surface area contributed by atoms with E-state index in [0.29, 0.717) is 17.6 Å². The average Bonchev–Trinajstić information content (AvgIpc) is 2.51. The zero-order valence-corrected chi connectivity index (χ0v) is 16.2. The Labute approximate surface area is 146 Å². The minimum atomic E-state index is -0.498. The molecular formula is C19H35NO2S. The Morgan fingerprint density at radius 1 is 1.35 bits per heavy atom. The van der Waals surface area contributed by atoms with Crippen molar-refractivity contribution < 1.29 is 9.53 Å². The molecule has 2 unspecified atom stereocenters. The molecule has 0 bridgehead atoms. The molecule has 1 aliphatic carbocycles. The Bertz CT molecular complexity index is 391. The van der Waals surface area contributed by atoms with Gasteiger partial charge in [0.15, 0.2) is 0 Å². The normalized spacial score (nSPS) is 22.7. The summed E-state index contributed by atoms with van der Waals surface area (Å²) >= 11 is 1.84. The fourth-order valence-electron chi connectivity index (χ4n) is 3.03. The lowest BCUT2D eigenvalue weighted by atomic mass is 9.85. The highest BCUT2D eigenvalue weighted by Crippen LogP contribution is 2.37. The molecule has 3 atom stereocenters. The van der Waals surface area contributed by atoms with E-state index in [1.807, 2.05) is 11.8 Å². The molecular weight excluding hydrogens is 306 g/mol. The van der Waals surface area contributed by atoms with Crippen molar-refractivity contribution in [3.05, 3.63) is 11.1 Å². The smallest absolute Gasteiger partial charge is 0.323 e. The van der Waals surface area contributed by atoms with Crippen LogP contribution in [-0.4, -0.2) is 29.6 Å². The predicted molar refractivity (Wildman–Crippen MR) is 101 cm³/mol. The maximum absolute atomic E-state index is 12.0. The lowest BCUT2D eigenvalue weighted by Gasteiger charge is -2.31. The van der Waals surface area contributed by atoms with Crippen LogP contribution in [0.5, 0.6) is 0 Å². The third-order valence-electron chi connectivity index (χ3n) is 4.58. The summed E-state index contributed by atoms with van der Waals surface area (Å²) in [5.41, 5.74) is 9.02. The fourth-order valence-corrected chi connectivity index (χ4v) is 4.62. The molecule has 134 valence electrons. The maximum atomic E-state index is 12.0. The molecule has 0 spiro atoms. The van der Waals surface area contributed by atoms with Crippen LogP contribution in [0.15, 0.2) is 11.1 Å². The van der Waals surface area contributed by atoms with E-state index >= 15 is 0 Å². The fraction of sp³-hybridized carbons (Fsp3) is 0.842. The van der Waals surface area contributed by atoms with Gasteiger partial charge in [0.05, 0.1) is 6.61 Å². The first-order valence-corrected chi connectivity index (χ1v) is 10.2. The number of carbonyl (C=O) groups is 1. The Hall–Kier alpha value is -0.480. The van der Waals surface area contributed by atoms with E-state index < -0.39 is 6.04 Å². The van der Waals surface area contributed by atoms with Gasteiger partial charge in [-0.1, -0.05) is 44.3 Å². The van der Waals surface area contributed by atoms with E-state index in [1.165, 1.54) is 37.7 Å². The molecule has 1 aliphatic rings. The monoisotopic (exact) mass is 341 g/mol. The second-order valence-electron chi connectivity index (χ2n) is 7.06. The van der Waals surface area contributed by atoms with E-state index in [-0.39, 0.29) is 5.97 Å². The lowest BCUT2D eigenvalue weighted by molar-refractivity contribution is -0.144. The number of esters is 1. The number of ether oxygens (including phenoxy) is 1. The summed E-state index contributed by atoms with van der Waals surface area (Å²) in [6.07, 6.45) is 8.13. The van der Waals surface area contributed by atoms with Gasteiger partial charge in [0, 0.05) is 11.0 Å². The molecule has 0 heterocycles. The summed E-state index contributed by atoms with van der Waals surface area (Å²) in [4.78, 5) is 12.0. The molecule has 1 fully saturated rings. The minimum Gasteiger partial charge on any atom is -0.465 e. The molecule has 0 aromatic carbocycles. The SMILES string of the molecule is CCCCCCOC(=O)[C@@H](N)CSC1CC(C)CCC1=C(C)C. The summed E-state index contributed by atoms with van der Waals surface area (Å²) in [7, 11) is 0. The summed E-state index contributed by atoms with van der Waals surface area (Å²) in [5.74, 6) is 1.18.